The van der Waals surface area contributed by atoms with Crippen LogP contribution in [0.15, 0.2) is 63.0 Å². The van der Waals surface area contributed by atoms with Crippen molar-refractivity contribution in [3.8, 4) is 0 Å². The number of anilines is 2. The molecular formula is C20H20Cl2N2O4S3. The lowest BCUT2D eigenvalue weighted by Gasteiger charge is -2.19. The third kappa shape index (κ3) is 5.53. The van der Waals surface area contributed by atoms with Gasteiger partial charge in [0, 0.05) is 0 Å². The highest BCUT2D eigenvalue weighted by atomic mass is 35.5. The van der Waals surface area contributed by atoms with Gasteiger partial charge in [0.15, 0.2) is 0 Å². The van der Waals surface area contributed by atoms with E-state index in [1.807, 2.05) is 20.8 Å². The molecule has 0 radical (unpaired) electrons. The summed E-state index contributed by atoms with van der Waals surface area (Å²) in [4.78, 5) is 0.0265. The number of benzene rings is 2. The predicted molar refractivity (Wildman–Crippen MR) is 128 cm³/mol. The van der Waals surface area contributed by atoms with Crippen molar-refractivity contribution in [2.75, 3.05) is 9.44 Å². The molecule has 0 spiro atoms. The molecule has 3 rings (SSSR count). The van der Waals surface area contributed by atoms with E-state index in [1.54, 1.807) is 23.6 Å². The second kappa shape index (κ2) is 8.63. The Hall–Kier alpha value is -1.78. The second-order valence-electron chi connectivity index (χ2n) is 7.73. The van der Waals surface area contributed by atoms with Crippen LogP contribution in [-0.2, 0) is 25.5 Å². The minimum atomic E-state index is -4.02. The van der Waals surface area contributed by atoms with Crippen molar-refractivity contribution in [1.29, 1.82) is 0 Å². The Balaban J connectivity index is 1.98. The van der Waals surface area contributed by atoms with Crippen LogP contribution in [0.1, 0.15) is 26.3 Å². The van der Waals surface area contributed by atoms with Crippen molar-refractivity contribution in [1.82, 2.24) is 0 Å². The van der Waals surface area contributed by atoms with E-state index in [0.29, 0.717) is 0 Å². The number of hydrogen-bond acceptors (Lipinski definition) is 5. The van der Waals surface area contributed by atoms with E-state index in [0.717, 1.165) is 16.9 Å². The van der Waals surface area contributed by atoms with Crippen molar-refractivity contribution in [2.45, 2.75) is 35.3 Å². The van der Waals surface area contributed by atoms with E-state index < -0.39 is 20.0 Å². The molecule has 3 aromatic rings. The molecule has 6 nitrogen and oxygen atoms in total. The van der Waals surface area contributed by atoms with Crippen molar-refractivity contribution in [2.24, 2.45) is 0 Å². The quantitative estimate of drug-likeness (QED) is 0.421. The molecule has 2 N–H and O–H groups in total. The number of rotatable bonds is 6. The number of sulfonamides is 2. The Labute approximate surface area is 196 Å². The average molecular weight is 519 g/mol. The lowest BCUT2D eigenvalue weighted by Crippen LogP contribution is -2.18. The standard InChI is InChI=1S/C20H20Cl2N2O4S3/c1-20(2,3)13-6-8-14(9-7-13)30(25,26)23-17-11-15(21)16(22)12-18(17)24-31(27,28)19-5-4-10-29-19/h4-12,23-24H,1-3H3. The summed E-state index contributed by atoms with van der Waals surface area (Å²) in [6.45, 7) is 6.07. The molecule has 0 saturated heterocycles. The molecule has 0 aliphatic carbocycles. The molecule has 0 bridgehead atoms. The zero-order valence-corrected chi connectivity index (χ0v) is 20.8. The van der Waals surface area contributed by atoms with E-state index in [9.17, 15) is 16.8 Å². The normalized spacial score (nSPS) is 12.5. The molecule has 1 heterocycles. The molecule has 31 heavy (non-hydrogen) atoms. The fourth-order valence-electron chi connectivity index (χ4n) is 2.66. The molecule has 0 amide bonds. The zero-order chi connectivity index (χ0) is 23.0. The van der Waals surface area contributed by atoms with E-state index >= 15 is 0 Å². The van der Waals surface area contributed by atoms with Crippen LogP contribution >= 0.6 is 34.5 Å². The third-order valence-corrected chi connectivity index (χ3v) is 9.21. The number of nitrogens with one attached hydrogen (secondary N) is 2. The fourth-order valence-corrected chi connectivity index (χ4v) is 6.13. The Morgan fingerprint density at radius 1 is 0.806 bits per heavy atom. The molecule has 11 heteroatoms. The van der Waals surface area contributed by atoms with Crippen LogP contribution < -0.4 is 9.44 Å². The topological polar surface area (TPSA) is 92.3 Å². The van der Waals surface area contributed by atoms with Gasteiger partial charge in [-0.2, -0.15) is 0 Å². The van der Waals surface area contributed by atoms with Crippen LogP contribution in [0, 0.1) is 0 Å². The first-order valence-electron chi connectivity index (χ1n) is 8.98. The van der Waals surface area contributed by atoms with Gasteiger partial charge in [0.1, 0.15) is 4.21 Å². The molecule has 1 aromatic heterocycles. The van der Waals surface area contributed by atoms with Crippen LogP contribution in [0.25, 0.3) is 0 Å². The van der Waals surface area contributed by atoms with Crippen molar-refractivity contribution in [3.05, 3.63) is 69.5 Å². The van der Waals surface area contributed by atoms with Crippen LogP contribution in [-0.4, -0.2) is 16.8 Å². The average Bonchev–Trinajstić information content (AvgIpc) is 3.21. The Bertz CT molecular complexity index is 1300. The fraction of sp³-hybridized carbons (Fsp3) is 0.200. The van der Waals surface area contributed by atoms with Gasteiger partial charge in [-0.1, -0.05) is 62.2 Å². The molecule has 0 fully saturated rings. The van der Waals surface area contributed by atoms with Gasteiger partial charge >= 0.3 is 0 Å². The molecule has 2 aromatic carbocycles. The molecule has 0 saturated carbocycles. The van der Waals surface area contributed by atoms with E-state index in [2.05, 4.69) is 9.44 Å². The smallest absolute Gasteiger partial charge is 0.271 e. The van der Waals surface area contributed by atoms with Crippen molar-refractivity contribution >= 4 is 66.0 Å². The van der Waals surface area contributed by atoms with Crippen molar-refractivity contribution in [3.63, 3.8) is 0 Å². The first-order chi connectivity index (χ1) is 14.3. The monoisotopic (exact) mass is 518 g/mol. The van der Waals surface area contributed by atoms with E-state index in [1.165, 1.54) is 30.3 Å². The second-order valence-corrected chi connectivity index (χ2v) is 13.1. The predicted octanol–water partition coefficient (Wildman–Crippen LogP) is 5.95. The molecule has 0 atom stereocenters. The lowest BCUT2D eigenvalue weighted by atomic mass is 9.87. The highest BCUT2D eigenvalue weighted by Crippen LogP contribution is 2.35. The first kappa shape index (κ1) is 23.9. The Morgan fingerprint density at radius 3 is 1.77 bits per heavy atom. The Kier molecular flexibility index (Phi) is 6.65. The van der Waals surface area contributed by atoms with Crippen LogP contribution in [0.3, 0.4) is 0 Å². The van der Waals surface area contributed by atoms with Gasteiger partial charge in [-0.3, -0.25) is 9.44 Å². The molecular weight excluding hydrogens is 499 g/mol. The van der Waals surface area contributed by atoms with Gasteiger partial charge in [-0.15, -0.1) is 11.3 Å². The van der Waals surface area contributed by atoms with Gasteiger partial charge in [-0.25, -0.2) is 16.8 Å². The maximum absolute atomic E-state index is 12.9. The summed E-state index contributed by atoms with van der Waals surface area (Å²) in [5.41, 5.74) is 0.754. The number of thiophene rings is 1. The third-order valence-electron chi connectivity index (χ3n) is 4.34. The summed E-state index contributed by atoms with van der Waals surface area (Å²) in [6, 6.07) is 12.0. The van der Waals surface area contributed by atoms with Crippen LogP contribution in [0.5, 0.6) is 0 Å². The van der Waals surface area contributed by atoms with Gasteiger partial charge in [-0.05, 0) is 46.7 Å². The van der Waals surface area contributed by atoms with Crippen LogP contribution in [0.4, 0.5) is 11.4 Å². The van der Waals surface area contributed by atoms with E-state index in [-0.39, 0.29) is 35.9 Å². The van der Waals surface area contributed by atoms with Gasteiger partial charge in [0.25, 0.3) is 20.0 Å². The van der Waals surface area contributed by atoms with Crippen LogP contribution in [0.2, 0.25) is 10.0 Å². The van der Waals surface area contributed by atoms with Crippen molar-refractivity contribution < 1.29 is 16.8 Å². The van der Waals surface area contributed by atoms with Gasteiger partial charge < -0.3 is 0 Å². The Morgan fingerprint density at radius 2 is 1.32 bits per heavy atom. The highest BCUT2D eigenvalue weighted by molar-refractivity contribution is 7.94. The maximum Gasteiger partial charge on any atom is 0.271 e. The summed E-state index contributed by atoms with van der Waals surface area (Å²) in [5, 5.41) is 1.76. The number of hydrogen-bond donors (Lipinski definition) is 2. The van der Waals surface area contributed by atoms with Gasteiger partial charge in [0.05, 0.1) is 26.3 Å². The largest absolute Gasteiger partial charge is 0.277 e. The maximum atomic E-state index is 12.9. The SMILES string of the molecule is CC(C)(C)c1ccc(S(=O)(=O)Nc2cc(Cl)c(Cl)cc2NS(=O)(=O)c2cccs2)cc1. The zero-order valence-electron chi connectivity index (χ0n) is 16.8. The molecule has 0 unspecified atom stereocenters. The summed E-state index contributed by atoms with van der Waals surface area (Å²) in [6.07, 6.45) is 0. The van der Waals surface area contributed by atoms with E-state index in [4.69, 9.17) is 23.2 Å². The summed E-state index contributed by atoms with van der Waals surface area (Å²) < 4.78 is 56.0. The summed E-state index contributed by atoms with van der Waals surface area (Å²) in [5.74, 6) is 0. The number of halogens is 2. The minimum Gasteiger partial charge on any atom is -0.277 e. The summed E-state index contributed by atoms with van der Waals surface area (Å²) >= 11 is 13.1. The highest BCUT2D eigenvalue weighted by Gasteiger charge is 2.22. The molecule has 0 aliphatic rings. The first-order valence-corrected chi connectivity index (χ1v) is 13.6. The molecule has 166 valence electrons. The summed E-state index contributed by atoms with van der Waals surface area (Å²) in [7, 11) is -7.95. The minimum absolute atomic E-state index is 0.0265. The molecule has 0 aliphatic heterocycles. The van der Waals surface area contributed by atoms with Gasteiger partial charge in [0.2, 0.25) is 0 Å². The lowest BCUT2D eigenvalue weighted by molar-refractivity contribution is 0.587.